The first kappa shape index (κ1) is 21.4. The Bertz CT molecular complexity index is 941. The van der Waals surface area contributed by atoms with Gasteiger partial charge in [-0.05, 0) is 37.3 Å². The third kappa shape index (κ3) is 5.18. The molecular weight excluding hydrogens is 406 g/mol. The lowest BCUT2D eigenvalue weighted by molar-refractivity contribution is 0.459. The highest BCUT2D eigenvalue weighted by molar-refractivity contribution is 7.98. The molecule has 1 aromatic carbocycles. The maximum Gasteiger partial charge on any atom is 0.190 e. The molecule has 0 radical (unpaired) electrons. The fraction of sp³-hybridized carbons (Fsp3) is 0.400. The van der Waals surface area contributed by atoms with Crippen LogP contribution in [0.2, 0.25) is 5.15 Å². The quantitative estimate of drug-likeness (QED) is 0.238. The summed E-state index contributed by atoms with van der Waals surface area (Å²) in [4.78, 5) is 11.2. The zero-order chi connectivity index (χ0) is 20.8. The number of rotatable bonds is 6. The van der Waals surface area contributed by atoms with Gasteiger partial charge in [0.25, 0.3) is 0 Å². The average Bonchev–Trinajstić information content (AvgIpc) is 2.72. The van der Waals surface area contributed by atoms with Crippen molar-refractivity contribution in [3.63, 3.8) is 0 Å². The van der Waals surface area contributed by atoms with Crippen molar-refractivity contribution >= 4 is 41.1 Å². The molecule has 1 saturated heterocycles. The predicted octanol–water partition coefficient (Wildman–Crippen LogP) is 3.61. The molecule has 0 saturated carbocycles. The van der Waals surface area contributed by atoms with Crippen molar-refractivity contribution in [2.24, 2.45) is 5.10 Å². The molecule has 0 spiro atoms. The molecule has 1 aliphatic heterocycles. The van der Waals surface area contributed by atoms with Gasteiger partial charge in [0, 0.05) is 25.7 Å². The van der Waals surface area contributed by atoms with Crippen LogP contribution in [0, 0.1) is 25.2 Å². The van der Waals surface area contributed by atoms with Crippen LogP contribution in [0.5, 0.6) is 0 Å². The van der Waals surface area contributed by atoms with E-state index in [-0.39, 0.29) is 6.04 Å². The van der Waals surface area contributed by atoms with E-state index in [0.717, 1.165) is 30.2 Å². The second-order valence-corrected chi connectivity index (χ2v) is 7.95. The first-order valence-corrected chi connectivity index (χ1v) is 11.0. The van der Waals surface area contributed by atoms with Gasteiger partial charge in [0.15, 0.2) is 5.16 Å². The van der Waals surface area contributed by atoms with E-state index in [9.17, 15) is 0 Å². The average molecular weight is 430 g/mol. The minimum Gasteiger partial charge on any atom is -0.353 e. The number of hydrogen-bond donors (Lipinski definition) is 2. The highest BCUT2D eigenvalue weighted by Gasteiger charge is 2.24. The van der Waals surface area contributed by atoms with Gasteiger partial charge < -0.3 is 10.2 Å². The molecule has 1 atom stereocenters. The molecule has 0 bridgehead atoms. The Morgan fingerprint density at radius 1 is 1.45 bits per heavy atom. The molecule has 0 aliphatic carbocycles. The maximum absolute atomic E-state index is 9.03. The summed E-state index contributed by atoms with van der Waals surface area (Å²) in [5, 5.41) is 17.8. The Hall–Kier alpha value is -2.34. The van der Waals surface area contributed by atoms with Gasteiger partial charge in [-0.2, -0.15) is 10.4 Å². The summed E-state index contributed by atoms with van der Waals surface area (Å²) in [5.41, 5.74) is 7.04. The number of nitriles is 1. The smallest absolute Gasteiger partial charge is 0.190 e. The molecule has 2 N–H and O–H groups in total. The van der Waals surface area contributed by atoms with Gasteiger partial charge >= 0.3 is 0 Å². The van der Waals surface area contributed by atoms with Crippen molar-refractivity contribution in [1.82, 2.24) is 15.3 Å². The van der Waals surface area contributed by atoms with Crippen LogP contribution in [0.1, 0.15) is 23.1 Å². The Balaban J connectivity index is 1.89. The SMILES string of the molecule is CSc1nc(Cl)c(/C=N/Nc2cccc(C)c2C)c(N2CCNC(CC#N)C2)n1. The van der Waals surface area contributed by atoms with Gasteiger partial charge in [0.2, 0.25) is 0 Å². The van der Waals surface area contributed by atoms with E-state index < -0.39 is 0 Å². The lowest BCUT2D eigenvalue weighted by Gasteiger charge is -2.34. The number of nitrogens with one attached hydrogen (secondary N) is 2. The third-order valence-corrected chi connectivity index (χ3v) is 5.75. The van der Waals surface area contributed by atoms with Gasteiger partial charge in [-0.25, -0.2) is 9.97 Å². The van der Waals surface area contributed by atoms with Crippen molar-refractivity contribution in [3.8, 4) is 6.07 Å². The number of thioether (sulfide) groups is 1. The molecule has 29 heavy (non-hydrogen) atoms. The van der Waals surface area contributed by atoms with Gasteiger partial charge in [0.1, 0.15) is 11.0 Å². The number of aromatic nitrogens is 2. The number of halogens is 1. The van der Waals surface area contributed by atoms with Crippen LogP contribution in [0.4, 0.5) is 11.5 Å². The summed E-state index contributed by atoms with van der Waals surface area (Å²) < 4.78 is 0. The monoisotopic (exact) mass is 429 g/mol. The minimum atomic E-state index is 0.0954. The zero-order valence-electron chi connectivity index (χ0n) is 16.7. The summed E-state index contributed by atoms with van der Waals surface area (Å²) in [5.74, 6) is 0.741. The van der Waals surface area contributed by atoms with Crippen molar-refractivity contribution < 1.29 is 0 Å². The topological polar surface area (TPSA) is 89.2 Å². The van der Waals surface area contributed by atoms with Crippen LogP contribution in [0.15, 0.2) is 28.5 Å². The lowest BCUT2D eigenvalue weighted by atomic mass is 10.1. The Morgan fingerprint density at radius 3 is 3.03 bits per heavy atom. The summed E-state index contributed by atoms with van der Waals surface area (Å²) in [6.45, 7) is 6.35. The molecule has 3 rings (SSSR count). The number of piperazine rings is 1. The highest BCUT2D eigenvalue weighted by atomic mass is 35.5. The van der Waals surface area contributed by atoms with Crippen LogP contribution in [0.25, 0.3) is 0 Å². The molecule has 152 valence electrons. The van der Waals surface area contributed by atoms with E-state index in [1.807, 2.05) is 18.4 Å². The van der Waals surface area contributed by atoms with Gasteiger partial charge in [-0.3, -0.25) is 5.43 Å². The Morgan fingerprint density at radius 2 is 2.28 bits per heavy atom. The van der Waals surface area contributed by atoms with Crippen molar-refractivity contribution in [3.05, 3.63) is 40.0 Å². The number of hydrazone groups is 1. The first-order chi connectivity index (χ1) is 14.0. The number of nitrogens with zero attached hydrogens (tertiary/aromatic N) is 5. The van der Waals surface area contributed by atoms with Gasteiger partial charge in [0.05, 0.1) is 30.0 Å². The van der Waals surface area contributed by atoms with E-state index in [1.54, 1.807) is 6.21 Å². The minimum absolute atomic E-state index is 0.0954. The lowest BCUT2D eigenvalue weighted by Crippen LogP contribution is -2.51. The van der Waals surface area contributed by atoms with Crippen LogP contribution < -0.4 is 15.6 Å². The number of aryl methyl sites for hydroxylation is 1. The molecule has 1 fully saturated rings. The highest BCUT2D eigenvalue weighted by Crippen LogP contribution is 2.27. The second kappa shape index (κ2) is 9.92. The molecule has 2 aromatic rings. The summed E-state index contributed by atoms with van der Waals surface area (Å²) in [6.07, 6.45) is 4.04. The molecule has 1 unspecified atom stereocenters. The third-order valence-electron chi connectivity index (χ3n) is 4.92. The number of anilines is 2. The fourth-order valence-corrected chi connectivity index (χ4v) is 3.78. The molecule has 0 amide bonds. The van der Waals surface area contributed by atoms with Crippen molar-refractivity contribution in [2.45, 2.75) is 31.5 Å². The first-order valence-electron chi connectivity index (χ1n) is 9.35. The predicted molar refractivity (Wildman–Crippen MR) is 120 cm³/mol. The van der Waals surface area contributed by atoms with E-state index >= 15 is 0 Å². The standard InChI is InChI=1S/C20H24ClN7S/c1-13-5-4-6-17(14(13)2)27-24-11-16-18(21)25-20(29-3)26-19(16)28-10-9-23-15(12-28)7-8-22/h4-6,11,15,23,27H,7,9-10,12H2,1-3H3/b24-11+. The van der Waals surface area contributed by atoms with E-state index in [0.29, 0.717) is 28.8 Å². The summed E-state index contributed by atoms with van der Waals surface area (Å²) in [7, 11) is 0. The maximum atomic E-state index is 9.03. The van der Waals surface area contributed by atoms with E-state index in [4.69, 9.17) is 21.8 Å². The van der Waals surface area contributed by atoms with E-state index in [1.165, 1.54) is 17.3 Å². The normalized spacial score (nSPS) is 16.8. The fourth-order valence-electron chi connectivity index (χ4n) is 3.16. The zero-order valence-corrected chi connectivity index (χ0v) is 18.3. The van der Waals surface area contributed by atoms with E-state index in [2.05, 4.69) is 51.7 Å². The van der Waals surface area contributed by atoms with Crippen LogP contribution >= 0.6 is 23.4 Å². The molecule has 9 heteroatoms. The van der Waals surface area contributed by atoms with Crippen LogP contribution in [0.3, 0.4) is 0 Å². The number of benzene rings is 1. The molecular formula is C20H24ClN7S. The Labute approximate surface area is 180 Å². The largest absolute Gasteiger partial charge is 0.353 e. The molecule has 2 heterocycles. The van der Waals surface area contributed by atoms with Gasteiger partial charge in [-0.15, -0.1) is 0 Å². The second-order valence-electron chi connectivity index (χ2n) is 6.82. The van der Waals surface area contributed by atoms with Crippen molar-refractivity contribution in [1.29, 1.82) is 5.26 Å². The summed E-state index contributed by atoms with van der Waals surface area (Å²) in [6, 6.07) is 8.37. The molecule has 7 nitrogen and oxygen atoms in total. The molecule has 1 aliphatic rings. The van der Waals surface area contributed by atoms with Crippen LogP contribution in [-0.4, -0.2) is 48.1 Å². The number of hydrogen-bond acceptors (Lipinski definition) is 8. The molecule has 1 aromatic heterocycles. The van der Waals surface area contributed by atoms with Crippen LogP contribution in [-0.2, 0) is 0 Å². The summed E-state index contributed by atoms with van der Waals surface area (Å²) >= 11 is 7.93. The Kier molecular flexibility index (Phi) is 7.31. The van der Waals surface area contributed by atoms with Gasteiger partial charge in [-0.1, -0.05) is 35.5 Å². The van der Waals surface area contributed by atoms with Crippen molar-refractivity contribution in [2.75, 3.05) is 36.2 Å².